The number of fused-ring (bicyclic) bond motifs is 1. The van der Waals surface area contributed by atoms with Gasteiger partial charge in [0.15, 0.2) is 0 Å². The van der Waals surface area contributed by atoms with E-state index < -0.39 is 0 Å². The highest BCUT2D eigenvalue weighted by Gasteiger charge is 2.25. The quantitative estimate of drug-likeness (QED) is 0.829. The van der Waals surface area contributed by atoms with Crippen LogP contribution in [0, 0.1) is 0 Å². The first kappa shape index (κ1) is 12.5. The number of hydrogen-bond acceptors (Lipinski definition) is 3. The molecule has 1 N–H and O–H groups in total. The highest BCUT2D eigenvalue weighted by atomic mass is 16.2. The van der Waals surface area contributed by atoms with E-state index in [0.29, 0.717) is 6.04 Å². The maximum Gasteiger partial charge on any atom is 0.254 e. The molecule has 4 heteroatoms. The number of carbonyl (C=O) groups is 1. The van der Waals surface area contributed by atoms with Gasteiger partial charge >= 0.3 is 0 Å². The molecule has 1 aromatic rings. The Bertz CT molecular complexity index is 500. The fourth-order valence-electron chi connectivity index (χ4n) is 2.84. The minimum absolute atomic E-state index is 0.163. The third-order valence-corrected chi connectivity index (χ3v) is 4.31. The van der Waals surface area contributed by atoms with Gasteiger partial charge in [-0.3, -0.25) is 4.79 Å². The molecule has 1 amide bonds. The number of anilines is 1. The van der Waals surface area contributed by atoms with Crippen LogP contribution in [0.25, 0.3) is 0 Å². The van der Waals surface area contributed by atoms with Crippen LogP contribution in [0.1, 0.15) is 22.8 Å². The molecule has 102 valence electrons. The van der Waals surface area contributed by atoms with Gasteiger partial charge in [-0.1, -0.05) is 6.07 Å². The van der Waals surface area contributed by atoms with Crippen molar-refractivity contribution in [2.24, 2.45) is 0 Å². The molecule has 1 atom stereocenters. The fourth-order valence-corrected chi connectivity index (χ4v) is 2.84. The van der Waals surface area contributed by atoms with Crippen molar-refractivity contribution in [3.05, 3.63) is 29.3 Å². The maximum absolute atomic E-state index is 12.5. The fraction of sp³-hybridized carbons (Fsp3) is 0.533. The molecule has 19 heavy (non-hydrogen) atoms. The van der Waals surface area contributed by atoms with Crippen molar-refractivity contribution in [1.29, 1.82) is 0 Å². The predicted octanol–water partition coefficient (Wildman–Crippen LogP) is 1.43. The highest BCUT2D eigenvalue weighted by molar-refractivity contribution is 5.95. The molecule has 0 spiro atoms. The third-order valence-electron chi connectivity index (χ3n) is 4.31. The zero-order valence-electron chi connectivity index (χ0n) is 11.6. The number of rotatable bonds is 1. The summed E-state index contributed by atoms with van der Waals surface area (Å²) in [5, 5.41) is 3.34. The van der Waals surface area contributed by atoms with Crippen molar-refractivity contribution < 1.29 is 4.79 Å². The van der Waals surface area contributed by atoms with E-state index in [9.17, 15) is 4.79 Å². The number of nitrogens with zero attached hydrogens (tertiary/aromatic N) is 2. The van der Waals surface area contributed by atoms with Gasteiger partial charge in [0, 0.05) is 43.5 Å². The smallest absolute Gasteiger partial charge is 0.254 e. The lowest BCUT2D eigenvalue weighted by Crippen LogP contribution is -2.52. The van der Waals surface area contributed by atoms with E-state index in [2.05, 4.69) is 30.3 Å². The second-order valence-corrected chi connectivity index (χ2v) is 5.63. The maximum atomic E-state index is 12.5. The Morgan fingerprint density at radius 3 is 3.00 bits per heavy atom. The zero-order chi connectivity index (χ0) is 13.4. The van der Waals surface area contributed by atoms with Gasteiger partial charge in [-0.15, -0.1) is 0 Å². The monoisotopic (exact) mass is 259 g/mol. The number of piperazine rings is 1. The summed E-state index contributed by atoms with van der Waals surface area (Å²) in [5.41, 5.74) is 3.27. The van der Waals surface area contributed by atoms with E-state index in [0.717, 1.165) is 43.9 Å². The summed E-state index contributed by atoms with van der Waals surface area (Å²) >= 11 is 0. The van der Waals surface area contributed by atoms with E-state index in [1.54, 1.807) is 0 Å². The topological polar surface area (TPSA) is 35.6 Å². The highest BCUT2D eigenvalue weighted by Crippen LogP contribution is 2.24. The molecule has 0 aromatic heterocycles. The van der Waals surface area contributed by atoms with Crippen molar-refractivity contribution in [1.82, 2.24) is 9.80 Å². The third kappa shape index (κ3) is 2.32. The molecule has 3 rings (SSSR count). The molecule has 0 aliphatic carbocycles. The Balaban J connectivity index is 1.77. The standard InChI is InChI=1S/C15H21N3O/c1-11-10-18(8-7-17(11)2)15(19)13-4-3-12-5-6-16-14(12)9-13/h3-4,9,11,16H,5-8,10H2,1-2H3. The Labute approximate surface area is 114 Å². The van der Waals surface area contributed by atoms with Gasteiger partial charge in [0.1, 0.15) is 0 Å². The van der Waals surface area contributed by atoms with Crippen molar-refractivity contribution in [2.75, 3.05) is 38.5 Å². The molecule has 0 radical (unpaired) electrons. The second-order valence-electron chi connectivity index (χ2n) is 5.63. The second kappa shape index (κ2) is 4.85. The van der Waals surface area contributed by atoms with E-state index in [1.807, 2.05) is 17.0 Å². The SMILES string of the molecule is CC1CN(C(=O)c2ccc3c(c2)NCC3)CCN1C. The molecule has 2 aliphatic heterocycles. The van der Waals surface area contributed by atoms with E-state index in [-0.39, 0.29) is 5.91 Å². The first-order valence-corrected chi connectivity index (χ1v) is 7.01. The first-order chi connectivity index (χ1) is 9.15. The number of benzene rings is 1. The molecule has 1 aromatic carbocycles. The van der Waals surface area contributed by atoms with E-state index in [4.69, 9.17) is 0 Å². The lowest BCUT2D eigenvalue weighted by molar-refractivity contribution is 0.0572. The average molecular weight is 259 g/mol. The molecule has 4 nitrogen and oxygen atoms in total. The van der Waals surface area contributed by atoms with Crippen LogP contribution in [-0.4, -0.2) is 55.0 Å². The summed E-state index contributed by atoms with van der Waals surface area (Å²) in [6, 6.07) is 6.50. The Kier molecular flexibility index (Phi) is 3.19. The number of carbonyl (C=O) groups excluding carboxylic acids is 1. The molecular weight excluding hydrogens is 238 g/mol. The van der Waals surface area contributed by atoms with E-state index in [1.165, 1.54) is 5.56 Å². The minimum Gasteiger partial charge on any atom is -0.384 e. The van der Waals surface area contributed by atoms with Gasteiger partial charge in [-0.25, -0.2) is 0 Å². The number of hydrogen-bond donors (Lipinski definition) is 1. The average Bonchev–Trinajstić information content (AvgIpc) is 2.88. The molecule has 1 saturated heterocycles. The largest absolute Gasteiger partial charge is 0.384 e. The summed E-state index contributed by atoms with van der Waals surface area (Å²) in [6.45, 7) is 5.75. The van der Waals surface area contributed by atoms with Crippen LogP contribution < -0.4 is 5.32 Å². The van der Waals surface area contributed by atoms with Crippen molar-refractivity contribution >= 4 is 11.6 Å². The Hall–Kier alpha value is -1.55. The van der Waals surface area contributed by atoms with Crippen LogP contribution in [-0.2, 0) is 6.42 Å². The Morgan fingerprint density at radius 1 is 1.37 bits per heavy atom. The summed E-state index contributed by atoms with van der Waals surface area (Å²) in [6.07, 6.45) is 1.06. The van der Waals surface area contributed by atoms with Crippen LogP contribution in [0.15, 0.2) is 18.2 Å². The molecule has 1 fully saturated rings. The molecule has 2 heterocycles. The number of likely N-dealkylation sites (N-methyl/N-ethyl adjacent to an activating group) is 1. The summed E-state index contributed by atoms with van der Waals surface area (Å²) in [7, 11) is 2.12. The molecule has 2 aliphatic rings. The summed E-state index contributed by atoms with van der Waals surface area (Å²) < 4.78 is 0. The van der Waals surface area contributed by atoms with Gasteiger partial charge in [-0.05, 0) is 38.1 Å². The van der Waals surface area contributed by atoms with Crippen LogP contribution in [0.4, 0.5) is 5.69 Å². The number of amides is 1. The van der Waals surface area contributed by atoms with Gasteiger partial charge in [0.25, 0.3) is 5.91 Å². The molecule has 0 saturated carbocycles. The van der Waals surface area contributed by atoms with Crippen molar-refractivity contribution in [2.45, 2.75) is 19.4 Å². The van der Waals surface area contributed by atoms with Crippen LogP contribution >= 0.6 is 0 Å². The number of nitrogens with one attached hydrogen (secondary N) is 1. The van der Waals surface area contributed by atoms with Gasteiger partial charge in [0.2, 0.25) is 0 Å². The van der Waals surface area contributed by atoms with E-state index >= 15 is 0 Å². The lowest BCUT2D eigenvalue weighted by Gasteiger charge is -2.37. The van der Waals surface area contributed by atoms with Gasteiger partial charge in [-0.2, -0.15) is 0 Å². The van der Waals surface area contributed by atoms with Gasteiger partial charge in [0.05, 0.1) is 0 Å². The van der Waals surface area contributed by atoms with Crippen molar-refractivity contribution in [3.8, 4) is 0 Å². The minimum atomic E-state index is 0.163. The predicted molar refractivity (Wildman–Crippen MR) is 76.6 cm³/mol. The summed E-state index contributed by atoms with van der Waals surface area (Å²) in [4.78, 5) is 16.8. The van der Waals surface area contributed by atoms with Gasteiger partial charge < -0.3 is 15.1 Å². The van der Waals surface area contributed by atoms with Crippen LogP contribution in [0.5, 0.6) is 0 Å². The normalized spacial score (nSPS) is 23.1. The van der Waals surface area contributed by atoms with Crippen LogP contribution in [0.3, 0.4) is 0 Å². The lowest BCUT2D eigenvalue weighted by atomic mass is 10.1. The Morgan fingerprint density at radius 2 is 2.21 bits per heavy atom. The first-order valence-electron chi connectivity index (χ1n) is 7.01. The van der Waals surface area contributed by atoms with Crippen LogP contribution in [0.2, 0.25) is 0 Å². The molecule has 1 unspecified atom stereocenters. The molecular formula is C15H21N3O. The van der Waals surface area contributed by atoms with Crippen molar-refractivity contribution in [3.63, 3.8) is 0 Å². The molecule has 0 bridgehead atoms. The summed E-state index contributed by atoms with van der Waals surface area (Å²) in [5.74, 6) is 0.163. The zero-order valence-corrected chi connectivity index (χ0v) is 11.6.